The van der Waals surface area contributed by atoms with Crippen LogP contribution in [0.5, 0.6) is 0 Å². The molecule has 118 valence electrons. The molecular weight excluding hydrogens is 295 g/mol. The van der Waals surface area contributed by atoms with Gasteiger partial charge in [0.2, 0.25) is 0 Å². The molecule has 0 heterocycles. The van der Waals surface area contributed by atoms with Gasteiger partial charge in [0.25, 0.3) is 0 Å². The number of carbonyl (C=O) groups excluding carboxylic acids is 1. The van der Waals surface area contributed by atoms with E-state index in [1.54, 1.807) is 6.92 Å². The van der Waals surface area contributed by atoms with Crippen LogP contribution in [0.3, 0.4) is 0 Å². The number of hydrogen-bond acceptors (Lipinski definition) is 3. The van der Waals surface area contributed by atoms with Crippen LogP contribution < -0.4 is 11.1 Å². The van der Waals surface area contributed by atoms with Crippen LogP contribution in [0, 0.1) is 24.6 Å². The molecule has 0 aliphatic carbocycles. The third-order valence-corrected chi connectivity index (χ3v) is 3.17. The molecule has 2 aromatic carbocycles. The van der Waals surface area contributed by atoms with E-state index in [0.717, 1.165) is 5.56 Å². The van der Waals surface area contributed by atoms with Gasteiger partial charge in [0.1, 0.15) is 12.4 Å². The van der Waals surface area contributed by atoms with Crippen molar-refractivity contribution in [3.05, 3.63) is 65.0 Å². The van der Waals surface area contributed by atoms with E-state index in [1.807, 2.05) is 30.3 Å². The Hall–Kier alpha value is -3.00. The Balaban J connectivity index is 1.82. The number of nitrogen functional groups attached to an aromatic ring is 1. The Morgan fingerprint density at radius 1 is 1.30 bits per heavy atom. The zero-order valence-electron chi connectivity index (χ0n) is 12.7. The first-order valence-electron chi connectivity index (χ1n) is 7.05. The summed E-state index contributed by atoms with van der Waals surface area (Å²) in [6.07, 6.45) is -0.557. The van der Waals surface area contributed by atoms with Crippen molar-refractivity contribution in [3.8, 4) is 11.8 Å². The molecule has 0 saturated heterocycles. The minimum absolute atomic E-state index is 0.101. The van der Waals surface area contributed by atoms with Crippen molar-refractivity contribution in [2.24, 2.45) is 0 Å². The zero-order chi connectivity index (χ0) is 16.7. The van der Waals surface area contributed by atoms with E-state index < -0.39 is 11.9 Å². The van der Waals surface area contributed by atoms with E-state index in [1.165, 1.54) is 12.1 Å². The first-order valence-corrected chi connectivity index (χ1v) is 7.05. The van der Waals surface area contributed by atoms with Crippen molar-refractivity contribution in [1.82, 2.24) is 5.32 Å². The molecule has 2 rings (SSSR count). The number of amides is 1. The van der Waals surface area contributed by atoms with Crippen molar-refractivity contribution in [3.63, 3.8) is 0 Å². The third kappa shape index (κ3) is 5.04. The lowest BCUT2D eigenvalue weighted by molar-refractivity contribution is 0.141. The van der Waals surface area contributed by atoms with E-state index in [0.29, 0.717) is 16.8 Å². The van der Waals surface area contributed by atoms with Crippen LogP contribution in [-0.4, -0.2) is 12.6 Å². The van der Waals surface area contributed by atoms with Gasteiger partial charge in [-0.1, -0.05) is 42.2 Å². The second-order valence-corrected chi connectivity index (χ2v) is 4.88. The summed E-state index contributed by atoms with van der Waals surface area (Å²) >= 11 is 0. The maximum Gasteiger partial charge on any atom is 0.408 e. The first kappa shape index (κ1) is 16.4. The number of nitrogens with one attached hydrogen (secondary N) is 1. The number of ether oxygens (including phenoxy) is 1. The van der Waals surface area contributed by atoms with Crippen LogP contribution in [0.1, 0.15) is 16.7 Å². The van der Waals surface area contributed by atoms with Crippen LogP contribution >= 0.6 is 0 Å². The summed E-state index contributed by atoms with van der Waals surface area (Å²) in [5.74, 6) is 5.09. The van der Waals surface area contributed by atoms with Gasteiger partial charge in [0.15, 0.2) is 0 Å². The number of alkyl carbamates (subject to hydrolysis) is 1. The molecular formula is C18H17FN2O2. The zero-order valence-corrected chi connectivity index (χ0v) is 12.7. The predicted octanol–water partition coefficient (Wildman–Crippen LogP) is 2.99. The highest BCUT2D eigenvalue weighted by Crippen LogP contribution is 2.17. The smallest absolute Gasteiger partial charge is 0.408 e. The van der Waals surface area contributed by atoms with Crippen molar-refractivity contribution in [2.75, 3.05) is 12.3 Å². The van der Waals surface area contributed by atoms with E-state index in [9.17, 15) is 9.18 Å². The number of benzene rings is 2. The summed E-state index contributed by atoms with van der Waals surface area (Å²) in [7, 11) is 0. The van der Waals surface area contributed by atoms with Gasteiger partial charge in [-0.05, 0) is 30.2 Å². The molecule has 0 aliphatic rings. The molecule has 0 atom stereocenters. The van der Waals surface area contributed by atoms with Crippen molar-refractivity contribution in [1.29, 1.82) is 0 Å². The monoisotopic (exact) mass is 312 g/mol. The molecule has 4 nitrogen and oxygen atoms in total. The highest BCUT2D eigenvalue weighted by atomic mass is 19.1. The third-order valence-electron chi connectivity index (χ3n) is 3.17. The molecule has 0 spiro atoms. The van der Waals surface area contributed by atoms with Crippen molar-refractivity contribution >= 4 is 11.8 Å². The number of rotatable bonds is 3. The first-order chi connectivity index (χ1) is 11.1. The quantitative estimate of drug-likeness (QED) is 0.676. The van der Waals surface area contributed by atoms with Gasteiger partial charge >= 0.3 is 6.09 Å². The number of anilines is 1. The summed E-state index contributed by atoms with van der Waals surface area (Å²) < 4.78 is 18.3. The fourth-order valence-corrected chi connectivity index (χ4v) is 1.86. The van der Waals surface area contributed by atoms with Crippen LogP contribution in [-0.2, 0) is 11.3 Å². The molecule has 5 heteroatoms. The summed E-state index contributed by atoms with van der Waals surface area (Å²) in [5.41, 5.74) is 8.14. The van der Waals surface area contributed by atoms with Gasteiger partial charge in [-0.25, -0.2) is 9.18 Å². The molecule has 0 unspecified atom stereocenters. The second-order valence-electron chi connectivity index (χ2n) is 4.88. The van der Waals surface area contributed by atoms with Gasteiger partial charge < -0.3 is 15.8 Å². The van der Waals surface area contributed by atoms with Crippen LogP contribution in [0.2, 0.25) is 0 Å². The van der Waals surface area contributed by atoms with Gasteiger partial charge in [-0.15, -0.1) is 0 Å². The van der Waals surface area contributed by atoms with E-state index >= 15 is 0 Å². The Morgan fingerprint density at radius 2 is 2.04 bits per heavy atom. The van der Waals surface area contributed by atoms with Gasteiger partial charge in [-0.3, -0.25) is 0 Å². The van der Waals surface area contributed by atoms with Crippen LogP contribution in [0.4, 0.5) is 14.9 Å². The maximum atomic E-state index is 13.3. The molecule has 0 aliphatic heterocycles. The molecule has 3 N–H and O–H groups in total. The number of hydrogen-bond donors (Lipinski definition) is 2. The highest BCUT2D eigenvalue weighted by Gasteiger charge is 2.03. The van der Waals surface area contributed by atoms with E-state index in [4.69, 9.17) is 10.5 Å². The van der Waals surface area contributed by atoms with E-state index in [-0.39, 0.29) is 13.2 Å². The fraction of sp³-hybridized carbons (Fsp3) is 0.167. The molecule has 0 saturated carbocycles. The SMILES string of the molecule is Cc1c(N)cc(F)cc1C#CCNC(=O)OCc1ccccc1. The predicted molar refractivity (Wildman–Crippen MR) is 87.1 cm³/mol. The Morgan fingerprint density at radius 3 is 2.78 bits per heavy atom. The van der Waals surface area contributed by atoms with Gasteiger partial charge in [0, 0.05) is 11.3 Å². The topological polar surface area (TPSA) is 64.3 Å². The highest BCUT2D eigenvalue weighted by molar-refractivity contribution is 5.67. The Bertz CT molecular complexity index is 749. The summed E-state index contributed by atoms with van der Waals surface area (Å²) in [5, 5.41) is 2.51. The van der Waals surface area contributed by atoms with Crippen LogP contribution in [0.15, 0.2) is 42.5 Å². The molecule has 1 amide bonds. The Kier molecular flexibility index (Phi) is 5.59. The molecule has 0 aromatic heterocycles. The number of nitrogens with two attached hydrogens (primary N) is 1. The minimum Gasteiger partial charge on any atom is -0.445 e. The minimum atomic E-state index is -0.557. The molecule has 0 radical (unpaired) electrons. The van der Waals surface area contributed by atoms with Crippen LogP contribution in [0.25, 0.3) is 0 Å². The largest absolute Gasteiger partial charge is 0.445 e. The number of halogens is 1. The summed E-state index contributed by atoms with van der Waals surface area (Å²) in [4.78, 5) is 11.5. The second kappa shape index (κ2) is 7.85. The maximum absolute atomic E-state index is 13.3. The molecule has 23 heavy (non-hydrogen) atoms. The molecule has 0 bridgehead atoms. The van der Waals surface area contributed by atoms with E-state index in [2.05, 4.69) is 17.2 Å². The lowest BCUT2D eigenvalue weighted by atomic mass is 10.1. The average molecular weight is 312 g/mol. The lowest BCUT2D eigenvalue weighted by Crippen LogP contribution is -2.24. The van der Waals surface area contributed by atoms with Crippen molar-refractivity contribution < 1.29 is 13.9 Å². The fourth-order valence-electron chi connectivity index (χ4n) is 1.86. The summed E-state index contributed by atoms with van der Waals surface area (Å²) in [6.45, 7) is 2.06. The average Bonchev–Trinajstić information content (AvgIpc) is 2.54. The van der Waals surface area contributed by atoms with Gasteiger partial charge in [0.05, 0.1) is 6.54 Å². The lowest BCUT2D eigenvalue weighted by Gasteiger charge is -2.05. The molecule has 0 fully saturated rings. The molecule has 2 aromatic rings. The summed E-state index contributed by atoms with van der Waals surface area (Å²) in [6, 6.07) is 11.9. The normalized spacial score (nSPS) is 9.65. The van der Waals surface area contributed by atoms with Crippen molar-refractivity contribution in [2.45, 2.75) is 13.5 Å². The standard InChI is InChI=1S/C18H17FN2O2/c1-13-15(10-16(19)11-17(13)20)8-5-9-21-18(22)23-12-14-6-3-2-4-7-14/h2-4,6-7,10-11H,9,12,20H2,1H3,(H,21,22). The Labute approximate surface area is 134 Å². The van der Waals surface area contributed by atoms with Gasteiger partial charge in [-0.2, -0.15) is 0 Å². The number of carbonyl (C=O) groups is 1.